The Labute approximate surface area is 159 Å². The zero-order chi connectivity index (χ0) is 18.8. The minimum Gasteiger partial charge on any atom is -0.480 e. The number of carboxylic acids is 1. The first kappa shape index (κ1) is 18.1. The molecule has 0 aromatic heterocycles. The first-order chi connectivity index (χ1) is 12.4. The molecule has 132 valence electrons. The molecular weight excluding hydrogens is 398 g/mol. The van der Waals surface area contributed by atoms with E-state index in [0.717, 1.165) is 4.47 Å². The number of halogens is 1. The van der Waals surface area contributed by atoms with Gasteiger partial charge in [-0.1, -0.05) is 40.2 Å². The number of hydrogen-bond acceptors (Lipinski definition) is 4. The van der Waals surface area contributed by atoms with Crippen molar-refractivity contribution in [2.75, 3.05) is 18.0 Å². The van der Waals surface area contributed by atoms with Crippen LogP contribution in [0.1, 0.15) is 27.6 Å². The van der Waals surface area contributed by atoms with Gasteiger partial charge in [-0.3, -0.25) is 14.4 Å². The van der Waals surface area contributed by atoms with Crippen molar-refractivity contribution in [1.29, 1.82) is 0 Å². The minimum absolute atomic E-state index is 0.0542. The monoisotopic (exact) mass is 413 g/mol. The maximum atomic E-state index is 12.9. The lowest BCUT2D eigenvalue weighted by atomic mass is 9.84. The van der Waals surface area contributed by atoms with Gasteiger partial charge in [-0.05, 0) is 31.2 Å². The van der Waals surface area contributed by atoms with Gasteiger partial charge in [0.15, 0.2) is 11.6 Å². The van der Waals surface area contributed by atoms with Crippen molar-refractivity contribution in [3.63, 3.8) is 0 Å². The summed E-state index contributed by atoms with van der Waals surface area (Å²) in [6, 6.07) is 13.8. The van der Waals surface area contributed by atoms with Crippen molar-refractivity contribution in [1.82, 2.24) is 0 Å². The standard InChI is InChI=1S/C20H16BrNO4/c1-12-17(20(26)16-5-3-2-4-15(16)19(12)25)10-22(11-18(23)24)14-8-6-13(21)7-9-14/h2-9H,10-11H2,1H3,(H,23,24). The quantitative estimate of drug-likeness (QED) is 0.807. The molecule has 0 radical (unpaired) electrons. The second-order valence-corrected chi connectivity index (χ2v) is 6.95. The van der Waals surface area contributed by atoms with E-state index in [-0.39, 0.29) is 24.7 Å². The van der Waals surface area contributed by atoms with E-state index in [1.54, 1.807) is 60.4 Å². The molecule has 0 unspecified atom stereocenters. The molecule has 0 spiro atoms. The van der Waals surface area contributed by atoms with Gasteiger partial charge in [0, 0.05) is 39.0 Å². The molecular formula is C20H16BrNO4. The highest BCUT2D eigenvalue weighted by molar-refractivity contribution is 9.10. The Morgan fingerprint density at radius 1 is 1.00 bits per heavy atom. The molecule has 0 bridgehead atoms. The number of aliphatic carboxylic acids is 1. The van der Waals surface area contributed by atoms with E-state index in [2.05, 4.69) is 15.9 Å². The number of hydrogen-bond donors (Lipinski definition) is 1. The highest BCUT2D eigenvalue weighted by Gasteiger charge is 2.30. The van der Waals surface area contributed by atoms with Crippen molar-refractivity contribution in [3.8, 4) is 0 Å². The zero-order valence-electron chi connectivity index (χ0n) is 14.0. The smallest absolute Gasteiger partial charge is 0.323 e. The third kappa shape index (κ3) is 3.46. The average Bonchev–Trinajstić information content (AvgIpc) is 2.63. The van der Waals surface area contributed by atoms with Gasteiger partial charge in [-0.15, -0.1) is 0 Å². The molecule has 0 heterocycles. The Hall–Kier alpha value is -2.73. The predicted octanol–water partition coefficient (Wildman–Crippen LogP) is 3.74. The van der Waals surface area contributed by atoms with Crippen molar-refractivity contribution < 1.29 is 19.5 Å². The summed E-state index contributed by atoms with van der Waals surface area (Å²) in [6.07, 6.45) is 0. The van der Waals surface area contributed by atoms with Gasteiger partial charge in [0.2, 0.25) is 0 Å². The number of carbonyl (C=O) groups is 3. The molecule has 0 aliphatic heterocycles. The molecule has 6 heteroatoms. The predicted molar refractivity (Wildman–Crippen MR) is 102 cm³/mol. The Kier molecular flexibility index (Phi) is 5.04. The summed E-state index contributed by atoms with van der Waals surface area (Å²) < 4.78 is 0.866. The molecule has 5 nitrogen and oxygen atoms in total. The number of benzene rings is 2. The van der Waals surface area contributed by atoms with Gasteiger partial charge in [0.25, 0.3) is 0 Å². The average molecular weight is 414 g/mol. The number of rotatable bonds is 5. The van der Waals surface area contributed by atoms with Crippen molar-refractivity contribution >= 4 is 39.2 Å². The fourth-order valence-electron chi connectivity index (χ4n) is 2.99. The second kappa shape index (κ2) is 7.25. The molecule has 1 N–H and O–H groups in total. The Morgan fingerprint density at radius 2 is 1.58 bits per heavy atom. The second-order valence-electron chi connectivity index (χ2n) is 6.03. The normalized spacial score (nSPS) is 13.6. The first-order valence-electron chi connectivity index (χ1n) is 7.99. The van der Waals surface area contributed by atoms with Gasteiger partial charge < -0.3 is 10.0 Å². The van der Waals surface area contributed by atoms with E-state index in [9.17, 15) is 19.5 Å². The van der Waals surface area contributed by atoms with Crippen molar-refractivity contribution in [2.24, 2.45) is 0 Å². The topological polar surface area (TPSA) is 74.7 Å². The SMILES string of the molecule is CC1=C(CN(CC(=O)O)c2ccc(Br)cc2)C(=O)c2ccccc2C1=O. The molecule has 0 saturated heterocycles. The number of Topliss-reactive ketones (excluding diaryl/α,β-unsaturated/α-hetero) is 2. The van der Waals surface area contributed by atoms with Gasteiger partial charge in [0.1, 0.15) is 6.54 Å². The molecule has 1 aliphatic carbocycles. The van der Waals surface area contributed by atoms with E-state index in [1.807, 2.05) is 0 Å². The van der Waals surface area contributed by atoms with E-state index < -0.39 is 5.97 Å². The van der Waals surface area contributed by atoms with Gasteiger partial charge >= 0.3 is 5.97 Å². The maximum Gasteiger partial charge on any atom is 0.323 e. The fourth-order valence-corrected chi connectivity index (χ4v) is 3.25. The Morgan fingerprint density at radius 3 is 2.15 bits per heavy atom. The number of ketones is 2. The van der Waals surface area contributed by atoms with Gasteiger partial charge in [-0.25, -0.2) is 0 Å². The third-order valence-electron chi connectivity index (χ3n) is 4.35. The number of allylic oxidation sites excluding steroid dienone is 1. The van der Waals surface area contributed by atoms with Crippen LogP contribution >= 0.6 is 15.9 Å². The molecule has 1 aliphatic rings. The van der Waals surface area contributed by atoms with E-state index in [4.69, 9.17) is 0 Å². The molecule has 3 rings (SSSR count). The maximum absolute atomic E-state index is 12.9. The summed E-state index contributed by atoms with van der Waals surface area (Å²) in [6.45, 7) is 1.40. The Balaban J connectivity index is 1.99. The summed E-state index contributed by atoms with van der Waals surface area (Å²) in [5, 5.41) is 9.25. The highest BCUT2D eigenvalue weighted by Crippen LogP contribution is 2.28. The summed E-state index contributed by atoms with van der Waals surface area (Å²) in [4.78, 5) is 38.4. The lowest BCUT2D eigenvalue weighted by Crippen LogP contribution is -2.35. The van der Waals surface area contributed by atoms with Crippen LogP contribution in [0.25, 0.3) is 0 Å². The Bertz CT molecular complexity index is 931. The lowest BCUT2D eigenvalue weighted by molar-refractivity contribution is -0.135. The summed E-state index contributed by atoms with van der Waals surface area (Å²) in [5.41, 5.74) is 2.12. The molecule has 0 atom stereocenters. The van der Waals surface area contributed by atoms with Crippen LogP contribution in [0.4, 0.5) is 5.69 Å². The van der Waals surface area contributed by atoms with E-state index in [1.165, 1.54) is 0 Å². The summed E-state index contributed by atoms with van der Waals surface area (Å²) in [7, 11) is 0. The lowest BCUT2D eigenvalue weighted by Gasteiger charge is -2.27. The van der Waals surface area contributed by atoms with Crippen LogP contribution in [0.3, 0.4) is 0 Å². The zero-order valence-corrected chi connectivity index (χ0v) is 15.6. The molecule has 2 aromatic rings. The van der Waals surface area contributed by atoms with Gasteiger partial charge in [-0.2, -0.15) is 0 Å². The van der Waals surface area contributed by atoms with Crippen LogP contribution in [-0.2, 0) is 4.79 Å². The number of carbonyl (C=O) groups excluding carboxylic acids is 2. The number of nitrogens with zero attached hydrogens (tertiary/aromatic N) is 1. The highest BCUT2D eigenvalue weighted by atomic mass is 79.9. The number of carboxylic acid groups (broad SMARTS) is 1. The molecule has 2 aromatic carbocycles. The number of fused-ring (bicyclic) bond motifs is 1. The van der Waals surface area contributed by atoms with Crippen molar-refractivity contribution in [3.05, 3.63) is 75.3 Å². The van der Waals surface area contributed by atoms with Crippen LogP contribution in [-0.4, -0.2) is 35.7 Å². The number of anilines is 1. The molecule has 0 fully saturated rings. The molecule has 0 amide bonds. The van der Waals surface area contributed by atoms with E-state index >= 15 is 0 Å². The molecule has 26 heavy (non-hydrogen) atoms. The van der Waals surface area contributed by atoms with Gasteiger partial charge in [0.05, 0.1) is 0 Å². The largest absolute Gasteiger partial charge is 0.480 e. The summed E-state index contributed by atoms with van der Waals surface area (Å²) in [5.74, 6) is -1.44. The van der Waals surface area contributed by atoms with Crippen LogP contribution in [0.15, 0.2) is 64.1 Å². The van der Waals surface area contributed by atoms with Crippen LogP contribution in [0, 0.1) is 0 Å². The van der Waals surface area contributed by atoms with E-state index in [0.29, 0.717) is 28.0 Å². The minimum atomic E-state index is -1.01. The third-order valence-corrected chi connectivity index (χ3v) is 4.88. The first-order valence-corrected chi connectivity index (χ1v) is 8.78. The fraction of sp³-hybridized carbons (Fsp3) is 0.150. The van der Waals surface area contributed by atoms with Crippen molar-refractivity contribution in [2.45, 2.75) is 6.92 Å². The molecule has 0 saturated carbocycles. The van der Waals surface area contributed by atoms with Crippen LogP contribution in [0.2, 0.25) is 0 Å². The summed E-state index contributed by atoms with van der Waals surface area (Å²) >= 11 is 3.35. The van der Waals surface area contributed by atoms with Crippen LogP contribution in [0.5, 0.6) is 0 Å². The van der Waals surface area contributed by atoms with Crippen LogP contribution < -0.4 is 4.90 Å².